The van der Waals surface area contributed by atoms with Gasteiger partial charge in [0.05, 0.1) is 0 Å². The fraction of sp³-hybridized carbons (Fsp3) is 0.455. The van der Waals surface area contributed by atoms with Crippen LogP contribution in [0, 0.1) is 17.6 Å². The highest BCUT2D eigenvalue weighted by Gasteiger charge is 2.52. The van der Waals surface area contributed by atoms with E-state index < -0.39 is 11.6 Å². The van der Waals surface area contributed by atoms with Crippen LogP contribution < -0.4 is 5.73 Å². The van der Waals surface area contributed by atoms with Gasteiger partial charge in [-0.15, -0.1) is 0 Å². The fourth-order valence-electron chi connectivity index (χ4n) is 2.15. The smallest absolute Gasteiger partial charge is 0.129 e. The summed E-state index contributed by atoms with van der Waals surface area (Å²) in [5.41, 5.74) is 5.96. The molecular formula is C11H13F2N. The van der Waals surface area contributed by atoms with Crippen molar-refractivity contribution in [1.29, 1.82) is 0 Å². The molecule has 2 atom stereocenters. The van der Waals surface area contributed by atoms with E-state index in [9.17, 15) is 8.78 Å². The van der Waals surface area contributed by atoms with Gasteiger partial charge in [-0.2, -0.15) is 0 Å². The van der Waals surface area contributed by atoms with Gasteiger partial charge in [-0.25, -0.2) is 8.78 Å². The number of hydrogen-bond donors (Lipinski definition) is 1. The average Bonchev–Trinajstić information content (AvgIpc) is 2.78. The molecular weight excluding hydrogens is 184 g/mol. The Balaban J connectivity index is 2.42. The van der Waals surface area contributed by atoms with Crippen LogP contribution in [0.2, 0.25) is 0 Å². The van der Waals surface area contributed by atoms with E-state index >= 15 is 0 Å². The number of nitrogens with two attached hydrogens (primary N) is 1. The van der Waals surface area contributed by atoms with E-state index in [4.69, 9.17) is 5.73 Å². The van der Waals surface area contributed by atoms with Crippen LogP contribution in [0.15, 0.2) is 18.2 Å². The van der Waals surface area contributed by atoms with Gasteiger partial charge in [-0.1, -0.05) is 13.0 Å². The van der Waals surface area contributed by atoms with Crippen LogP contribution in [0.3, 0.4) is 0 Å². The highest BCUT2D eigenvalue weighted by Crippen LogP contribution is 2.53. The van der Waals surface area contributed by atoms with Crippen LogP contribution in [-0.4, -0.2) is 6.54 Å². The Kier molecular flexibility index (Phi) is 2.07. The molecule has 2 N–H and O–H groups in total. The van der Waals surface area contributed by atoms with Crippen LogP contribution in [0.25, 0.3) is 0 Å². The molecule has 0 spiro atoms. The molecule has 1 aromatic rings. The molecule has 0 aromatic heterocycles. The first-order valence-corrected chi connectivity index (χ1v) is 4.76. The molecule has 3 heteroatoms. The minimum absolute atomic E-state index is 0.238. The maximum absolute atomic E-state index is 13.5. The van der Waals surface area contributed by atoms with Gasteiger partial charge in [0.2, 0.25) is 0 Å². The number of halogens is 2. The number of benzene rings is 1. The molecule has 14 heavy (non-hydrogen) atoms. The van der Waals surface area contributed by atoms with Gasteiger partial charge in [0.1, 0.15) is 11.6 Å². The fourth-order valence-corrected chi connectivity index (χ4v) is 2.15. The molecule has 0 radical (unpaired) electrons. The first-order valence-electron chi connectivity index (χ1n) is 4.76. The van der Waals surface area contributed by atoms with E-state index in [2.05, 4.69) is 0 Å². The van der Waals surface area contributed by atoms with Crippen LogP contribution in [-0.2, 0) is 5.41 Å². The third-order valence-corrected chi connectivity index (χ3v) is 3.29. The molecule has 1 nitrogen and oxygen atoms in total. The lowest BCUT2D eigenvalue weighted by molar-refractivity contribution is 0.536. The largest absolute Gasteiger partial charge is 0.330 e. The van der Waals surface area contributed by atoms with Gasteiger partial charge in [0, 0.05) is 18.0 Å². The Hall–Kier alpha value is -0.960. The minimum atomic E-state index is -0.535. The lowest BCUT2D eigenvalue weighted by Crippen LogP contribution is -2.23. The minimum Gasteiger partial charge on any atom is -0.330 e. The van der Waals surface area contributed by atoms with E-state index in [1.807, 2.05) is 6.92 Å². The van der Waals surface area contributed by atoms with E-state index in [0.717, 1.165) is 12.5 Å². The van der Waals surface area contributed by atoms with Crippen molar-refractivity contribution < 1.29 is 8.78 Å². The lowest BCUT2D eigenvalue weighted by atomic mass is 9.93. The molecule has 0 saturated heterocycles. The first kappa shape index (κ1) is 9.59. The molecule has 0 unspecified atom stereocenters. The van der Waals surface area contributed by atoms with E-state index in [-0.39, 0.29) is 5.41 Å². The molecule has 76 valence electrons. The molecule has 0 amide bonds. The Morgan fingerprint density at radius 1 is 1.50 bits per heavy atom. The van der Waals surface area contributed by atoms with Crippen molar-refractivity contribution in [1.82, 2.24) is 0 Å². The summed E-state index contributed by atoms with van der Waals surface area (Å²) in [5.74, 6) is -0.612. The highest BCUT2D eigenvalue weighted by atomic mass is 19.1. The summed E-state index contributed by atoms with van der Waals surface area (Å²) in [6, 6.07) is 3.74. The van der Waals surface area contributed by atoms with Crippen LogP contribution in [0.5, 0.6) is 0 Å². The van der Waals surface area contributed by atoms with Crippen molar-refractivity contribution in [3.8, 4) is 0 Å². The van der Waals surface area contributed by atoms with Crippen molar-refractivity contribution >= 4 is 0 Å². The third kappa shape index (κ3) is 1.23. The summed E-state index contributed by atoms with van der Waals surface area (Å²) in [6.45, 7) is 2.46. The van der Waals surface area contributed by atoms with Crippen LogP contribution >= 0.6 is 0 Å². The zero-order valence-electron chi connectivity index (χ0n) is 8.06. The Labute approximate surface area is 81.9 Å². The Morgan fingerprint density at radius 2 is 2.14 bits per heavy atom. The molecule has 1 aliphatic rings. The van der Waals surface area contributed by atoms with Crippen LogP contribution in [0.4, 0.5) is 8.78 Å². The predicted molar refractivity (Wildman–Crippen MR) is 50.9 cm³/mol. The monoisotopic (exact) mass is 197 g/mol. The standard InChI is InChI=1S/C11H13F2N/c1-7-5-11(7,6-14)9-3-2-8(12)4-10(9)13/h2-4,7H,5-6,14H2,1H3/t7-,11-/m0/s1. The molecule has 0 heterocycles. The summed E-state index contributed by atoms with van der Waals surface area (Å²) in [5, 5.41) is 0. The lowest BCUT2D eigenvalue weighted by Gasteiger charge is -2.15. The summed E-state index contributed by atoms with van der Waals surface area (Å²) in [7, 11) is 0. The van der Waals surface area contributed by atoms with Crippen molar-refractivity contribution in [3.05, 3.63) is 35.4 Å². The second-order valence-corrected chi connectivity index (χ2v) is 4.09. The molecule has 1 aliphatic carbocycles. The normalized spacial score (nSPS) is 30.4. The predicted octanol–water partition coefficient (Wildman–Crippen LogP) is 2.20. The second-order valence-electron chi connectivity index (χ2n) is 4.09. The molecule has 1 fully saturated rings. The number of rotatable bonds is 2. The quantitative estimate of drug-likeness (QED) is 0.772. The van der Waals surface area contributed by atoms with E-state index in [0.29, 0.717) is 18.0 Å². The molecule has 0 bridgehead atoms. The Morgan fingerprint density at radius 3 is 2.57 bits per heavy atom. The zero-order chi connectivity index (χ0) is 10.3. The van der Waals surface area contributed by atoms with Gasteiger partial charge in [0.25, 0.3) is 0 Å². The number of hydrogen-bond acceptors (Lipinski definition) is 1. The van der Waals surface area contributed by atoms with Crippen LogP contribution in [0.1, 0.15) is 18.9 Å². The van der Waals surface area contributed by atoms with Gasteiger partial charge in [0.15, 0.2) is 0 Å². The maximum atomic E-state index is 13.5. The summed E-state index contributed by atoms with van der Waals surface area (Å²) in [4.78, 5) is 0. The summed E-state index contributed by atoms with van der Waals surface area (Å²) >= 11 is 0. The van der Waals surface area contributed by atoms with Gasteiger partial charge in [-0.3, -0.25) is 0 Å². The van der Waals surface area contributed by atoms with Gasteiger partial charge >= 0.3 is 0 Å². The molecule has 1 aromatic carbocycles. The van der Waals surface area contributed by atoms with E-state index in [1.54, 1.807) is 0 Å². The summed E-state index contributed by atoms with van der Waals surface area (Å²) < 4.78 is 26.1. The molecule has 0 aliphatic heterocycles. The summed E-state index contributed by atoms with van der Waals surface area (Å²) in [6.07, 6.45) is 0.895. The van der Waals surface area contributed by atoms with Crippen molar-refractivity contribution in [2.75, 3.05) is 6.54 Å². The second kappa shape index (κ2) is 3.02. The molecule has 1 saturated carbocycles. The van der Waals surface area contributed by atoms with Gasteiger partial charge < -0.3 is 5.73 Å². The van der Waals surface area contributed by atoms with Gasteiger partial charge in [-0.05, 0) is 24.0 Å². The van der Waals surface area contributed by atoms with E-state index in [1.165, 1.54) is 12.1 Å². The third-order valence-electron chi connectivity index (χ3n) is 3.29. The maximum Gasteiger partial charge on any atom is 0.129 e. The zero-order valence-corrected chi connectivity index (χ0v) is 8.06. The average molecular weight is 197 g/mol. The SMILES string of the molecule is C[C@H]1C[C@@]1(CN)c1ccc(F)cc1F. The highest BCUT2D eigenvalue weighted by molar-refractivity contribution is 5.35. The topological polar surface area (TPSA) is 26.0 Å². The molecule has 2 rings (SSSR count). The van der Waals surface area contributed by atoms with Crippen molar-refractivity contribution in [2.45, 2.75) is 18.8 Å². The Bertz CT molecular complexity index is 360. The first-order chi connectivity index (χ1) is 6.60. The van der Waals surface area contributed by atoms with Crippen molar-refractivity contribution in [3.63, 3.8) is 0 Å². The van der Waals surface area contributed by atoms with Crippen molar-refractivity contribution in [2.24, 2.45) is 11.7 Å².